The highest BCUT2D eigenvalue weighted by Gasteiger charge is 2.46. The third-order valence-electron chi connectivity index (χ3n) is 4.30. The number of nitrogens with one attached hydrogen (secondary N) is 1. The van der Waals surface area contributed by atoms with Gasteiger partial charge in [-0.25, -0.2) is 5.01 Å². The number of carbonyl (C=O) groups is 1. The summed E-state index contributed by atoms with van der Waals surface area (Å²) >= 11 is 0. The SMILES string of the molecule is CCCc1cccc2ccc([C@H](N3CCC(=O)N3)C(F)(F)F)cc12. The standard InChI is InChI=1S/C18H19F3N2O/c1-2-4-12-5-3-6-13-7-8-14(11-15(12)13)17(18(19,20)21)23-10-9-16(24)22-23/h3,5-8,11,17H,2,4,9-10H2,1H3,(H,22,24)/t17-/m0/s1. The predicted molar refractivity (Wildman–Crippen MR) is 86.2 cm³/mol. The first-order valence-corrected chi connectivity index (χ1v) is 8.04. The molecule has 24 heavy (non-hydrogen) atoms. The van der Waals surface area contributed by atoms with Gasteiger partial charge in [0, 0.05) is 13.0 Å². The van der Waals surface area contributed by atoms with Gasteiger partial charge in [-0.3, -0.25) is 10.2 Å². The molecule has 0 aromatic heterocycles. The minimum absolute atomic E-state index is 0.0532. The van der Waals surface area contributed by atoms with E-state index in [2.05, 4.69) is 5.43 Å². The highest BCUT2D eigenvalue weighted by Crippen LogP contribution is 2.39. The fraction of sp³-hybridized carbons (Fsp3) is 0.389. The molecule has 1 heterocycles. The Morgan fingerprint density at radius 1 is 1.25 bits per heavy atom. The van der Waals surface area contributed by atoms with E-state index in [1.165, 1.54) is 6.07 Å². The molecule has 0 aliphatic carbocycles. The van der Waals surface area contributed by atoms with Gasteiger partial charge in [-0.2, -0.15) is 13.2 Å². The average molecular weight is 336 g/mol. The van der Waals surface area contributed by atoms with Crippen LogP contribution < -0.4 is 5.43 Å². The fourth-order valence-electron chi connectivity index (χ4n) is 3.25. The number of aryl methyl sites for hydroxylation is 1. The van der Waals surface area contributed by atoms with Crippen LogP contribution in [-0.2, 0) is 11.2 Å². The first-order chi connectivity index (χ1) is 11.4. The summed E-state index contributed by atoms with van der Waals surface area (Å²) in [5.41, 5.74) is 3.52. The normalized spacial score (nSPS) is 17.2. The first-order valence-electron chi connectivity index (χ1n) is 8.04. The molecule has 0 unspecified atom stereocenters. The third kappa shape index (κ3) is 3.24. The molecule has 2 aromatic carbocycles. The van der Waals surface area contributed by atoms with Crippen LogP contribution in [0, 0.1) is 0 Å². The summed E-state index contributed by atoms with van der Waals surface area (Å²) in [6.07, 6.45) is -2.64. The van der Waals surface area contributed by atoms with Crippen LogP contribution in [0.5, 0.6) is 0 Å². The Labute approximate surface area is 138 Å². The highest BCUT2D eigenvalue weighted by molar-refractivity contribution is 5.86. The quantitative estimate of drug-likeness (QED) is 0.910. The summed E-state index contributed by atoms with van der Waals surface area (Å²) in [5.74, 6) is -0.378. The predicted octanol–water partition coefficient (Wildman–Crippen LogP) is 4.13. The number of rotatable bonds is 4. The molecular formula is C18H19F3N2O. The molecule has 0 bridgehead atoms. The van der Waals surface area contributed by atoms with Crippen molar-refractivity contribution in [2.75, 3.05) is 6.54 Å². The molecule has 6 heteroatoms. The van der Waals surface area contributed by atoms with Gasteiger partial charge in [0.15, 0.2) is 0 Å². The smallest absolute Gasteiger partial charge is 0.288 e. The molecule has 0 saturated carbocycles. The summed E-state index contributed by atoms with van der Waals surface area (Å²) in [6, 6.07) is 8.79. The van der Waals surface area contributed by atoms with Gasteiger partial charge in [-0.05, 0) is 34.4 Å². The Morgan fingerprint density at radius 2 is 2.04 bits per heavy atom. The average Bonchev–Trinajstić information content (AvgIpc) is 2.93. The van der Waals surface area contributed by atoms with Crippen molar-refractivity contribution >= 4 is 16.7 Å². The molecule has 0 spiro atoms. The fourth-order valence-corrected chi connectivity index (χ4v) is 3.25. The highest BCUT2D eigenvalue weighted by atomic mass is 19.4. The van der Waals surface area contributed by atoms with E-state index in [1.54, 1.807) is 12.1 Å². The molecular weight excluding hydrogens is 317 g/mol. The number of benzene rings is 2. The Hall–Kier alpha value is -2.08. The number of hydrazine groups is 1. The maximum absolute atomic E-state index is 13.6. The number of carbonyl (C=O) groups excluding carboxylic acids is 1. The number of amides is 1. The van der Waals surface area contributed by atoms with Crippen LogP contribution in [0.25, 0.3) is 10.8 Å². The second kappa shape index (κ2) is 6.43. The van der Waals surface area contributed by atoms with Crippen LogP contribution in [-0.4, -0.2) is 23.6 Å². The molecule has 0 radical (unpaired) electrons. The second-order valence-electron chi connectivity index (χ2n) is 6.07. The van der Waals surface area contributed by atoms with E-state index in [4.69, 9.17) is 0 Å². The monoisotopic (exact) mass is 336 g/mol. The van der Waals surface area contributed by atoms with E-state index < -0.39 is 12.2 Å². The van der Waals surface area contributed by atoms with Crippen molar-refractivity contribution in [3.05, 3.63) is 47.5 Å². The lowest BCUT2D eigenvalue weighted by Gasteiger charge is -2.29. The molecule has 1 aliphatic rings. The minimum Gasteiger partial charge on any atom is -0.288 e. The minimum atomic E-state index is -4.47. The van der Waals surface area contributed by atoms with Crippen molar-refractivity contribution in [1.82, 2.24) is 10.4 Å². The lowest BCUT2D eigenvalue weighted by molar-refractivity contribution is -0.191. The summed E-state index contributed by atoms with van der Waals surface area (Å²) in [5, 5.41) is 2.76. The zero-order chi connectivity index (χ0) is 17.3. The second-order valence-corrected chi connectivity index (χ2v) is 6.07. The summed E-state index contributed by atoms with van der Waals surface area (Å²) in [6.45, 7) is 2.10. The van der Waals surface area contributed by atoms with Gasteiger partial charge in [0.1, 0.15) is 6.04 Å². The number of hydrogen-bond donors (Lipinski definition) is 1. The Morgan fingerprint density at radius 3 is 2.67 bits per heavy atom. The molecule has 1 amide bonds. The lowest BCUT2D eigenvalue weighted by atomic mass is 9.96. The zero-order valence-corrected chi connectivity index (χ0v) is 13.4. The topological polar surface area (TPSA) is 32.3 Å². The van der Waals surface area contributed by atoms with Crippen molar-refractivity contribution in [3.63, 3.8) is 0 Å². The van der Waals surface area contributed by atoms with Gasteiger partial charge < -0.3 is 0 Å². The molecule has 1 N–H and O–H groups in total. The van der Waals surface area contributed by atoms with E-state index in [0.717, 1.165) is 34.2 Å². The molecule has 3 nitrogen and oxygen atoms in total. The van der Waals surface area contributed by atoms with Gasteiger partial charge in [0.05, 0.1) is 0 Å². The van der Waals surface area contributed by atoms with Crippen LogP contribution in [0.2, 0.25) is 0 Å². The van der Waals surface area contributed by atoms with Crippen molar-refractivity contribution in [1.29, 1.82) is 0 Å². The summed E-state index contributed by atoms with van der Waals surface area (Å²) in [4.78, 5) is 11.3. The number of halogens is 3. The van der Waals surface area contributed by atoms with E-state index >= 15 is 0 Å². The van der Waals surface area contributed by atoms with Gasteiger partial charge in [-0.15, -0.1) is 0 Å². The molecule has 1 aliphatic heterocycles. The Kier molecular flexibility index (Phi) is 4.49. The largest absolute Gasteiger partial charge is 0.409 e. The van der Waals surface area contributed by atoms with Gasteiger partial charge in [0.25, 0.3) is 0 Å². The van der Waals surface area contributed by atoms with Crippen molar-refractivity contribution in [3.8, 4) is 0 Å². The maximum Gasteiger partial charge on any atom is 0.409 e. The van der Waals surface area contributed by atoms with Crippen LogP contribution in [0.1, 0.15) is 36.9 Å². The van der Waals surface area contributed by atoms with Gasteiger partial charge >= 0.3 is 6.18 Å². The van der Waals surface area contributed by atoms with E-state index in [1.807, 2.05) is 25.1 Å². The Balaban J connectivity index is 2.07. The van der Waals surface area contributed by atoms with Crippen LogP contribution in [0.15, 0.2) is 36.4 Å². The molecule has 1 saturated heterocycles. The molecule has 2 aromatic rings. The van der Waals surface area contributed by atoms with Gasteiger partial charge in [0.2, 0.25) is 5.91 Å². The van der Waals surface area contributed by atoms with Crippen molar-refractivity contribution < 1.29 is 18.0 Å². The van der Waals surface area contributed by atoms with Crippen LogP contribution in [0.3, 0.4) is 0 Å². The number of alkyl halides is 3. The molecule has 3 rings (SSSR count). The van der Waals surface area contributed by atoms with Crippen LogP contribution >= 0.6 is 0 Å². The van der Waals surface area contributed by atoms with E-state index in [9.17, 15) is 18.0 Å². The lowest BCUT2D eigenvalue weighted by Crippen LogP contribution is -2.43. The summed E-state index contributed by atoms with van der Waals surface area (Å²) < 4.78 is 40.9. The van der Waals surface area contributed by atoms with E-state index in [0.29, 0.717) is 0 Å². The number of fused-ring (bicyclic) bond motifs is 1. The van der Waals surface area contributed by atoms with E-state index in [-0.39, 0.29) is 24.4 Å². The van der Waals surface area contributed by atoms with Gasteiger partial charge in [-0.1, -0.05) is 43.7 Å². The first kappa shape index (κ1) is 16.8. The Bertz CT molecular complexity index is 758. The van der Waals surface area contributed by atoms with Crippen LogP contribution in [0.4, 0.5) is 13.2 Å². The van der Waals surface area contributed by atoms with Crippen molar-refractivity contribution in [2.45, 2.75) is 38.4 Å². The molecule has 1 fully saturated rings. The molecule has 128 valence electrons. The summed E-state index contributed by atoms with van der Waals surface area (Å²) in [7, 11) is 0. The zero-order valence-electron chi connectivity index (χ0n) is 13.4. The van der Waals surface area contributed by atoms with Crippen molar-refractivity contribution in [2.24, 2.45) is 0 Å². The third-order valence-corrected chi connectivity index (χ3v) is 4.30. The number of hydrogen-bond acceptors (Lipinski definition) is 2. The maximum atomic E-state index is 13.6. The number of nitrogens with zero attached hydrogens (tertiary/aromatic N) is 1. The molecule has 1 atom stereocenters.